The van der Waals surface area contributed by atoms with Crippen molar-refractivity contribution < 1.29 is 4.74 Å². The lowest BCUT2D eigenvalue weighted by molar-refractivity contribution is 0.115. The molecule has 0 N–H and O–H groups in total. The van der Waals surface area contributed by atoms with Crippen molar-refractivity contribution in [3.63, 3.8) is 0 Å². The van der Waals surface area contributed by atoms with E-state index >= 15 is 0 Å². The molecular formula is C12H18N4OS. The third-order valence-electron chi connectivity index (χ3n) is 3.25. The van der Waals surface area contributed by atoms with Gasteiger partial charge >= 0.3 is 0 Å². The van der Waals surface area contributed by atoms with Crippen LogP contribution in [-0.2, 0) is 4.74 Å². The molecular weight excluding hydrogens is 248 g/mol. The van der Waals surface area contributed by atoms with E-state index in [9.17, 15) is 0 Å². The second kappa shape index (κ2) is 4.85. The molecule has 2 aromatic heterocycles. The molecule has 1 atom stereocenters. The van der Waals surface area contributed by atoms with Crippen molar-refractivity contribution >= 4 is 21.4 Å². The van der Waals surface area contributed by atoms with Crippen LogP contribution in [0.25, 0.3) is 4.96 Å². The Balaban J connectivity index is 1.78. The van der Waals surface area contributed by atoms with Crippen LogP contribution >= 0.6 is 11.3 Å². The molecule has 18 heavy (non-hydrogen) atoms. The van der Waals surface area contributed by atoms with Crippen molar-refractivity contribution in [3.8, 4) is 0 Å². The number of imidazole rings is 1. The molecule has 0 bridgehead atoms. The maximum absolute atomic E-state index is 5.69. The van der Waals surface area contributed by atoms with Crippen LogP contribution in [-0.4, -0.2) is 40.4 Å². The minimum Gasteiger partial charge on any atom is -0.376 e. The number of rotatable bonds is 4. The molecule has 0 aromatic carbocycles. The van der Waals surface area contributed by atoms with Crippen LogP contribution < -0.4 is 4.90 Å². The molecule has 1 fully saturated rings. The lowest BCUT2D eigenvalue weighted by Crippen LogP contribution is -2.32. The topological polar surface area (TPSA) is 42.7 Å². The van der Waals surface area contributed by atoms with Crippen LogP contribution in [0.2, 0.25) is 0 Å². The van der Waals surface area contributed by atoms with Gasteiger partial charge in [0.25, 0.3) is 0 Å². The van der Waals surface area contributed by atoms with Crippen molar-refractivity contribution in [2.45, 2.75) is 32.8 Å². The highest BCUT2D eigenvalue weighted by molar-refractivity contribution is 7.20. The smallest absolute Gasteiger partial charge is 0.214 e. The molecule has 6 heteroatoms. The van der Waals surface area contributed by atoms with Gasteiger partial charge in [-0.1, -0.05) is 11.3 Å². The van der Waals surface area contributed by atoms with Gasteiger partial charge in [-0.3, -0.25) is 0 Å². The summed E-state index contributed by atoms with van der Waals surface area (Å²) < 4.78 is 7.56. The standard InChI is InChI=1S/C12H18N4OS/c1-3-15(8-10-5-4-6-17-10)12-14-16-7-9(2)13-11(16)18-12/h7,10H,3-6,8H2,1-2H3. The highest BCUT2D eigenvalue weighted by Gasteiger charge is 2.21. The average molecular weight is 266 g/mol. The Labute approximate surface area is 110 Å². The molecule has 2 aromatic rings. The zero-order valence-corrected chi connectivity index (χ0v) is 11.6. The van der Waals surface area contributed by atoms with E-state index in [4.69, 9.17) is 4.74 Å². The first kappa shape index (κ1) is 11.9. The van der Waals surface area contributed by atoms with Gasteiger partial charge in [-0.15, -0.1) is 5.10 Å². The zero-order valence-electron chi connectivity index (χ0n) is 10.8. The summed E-state index contributed by atoms with van der Waals surface area (Å²) in [5.74, 6) is 0. The molecule has 1 unspecified atom stereocenters. The SMILES string of the molecule is CCN(CC1CCCO1)c1nn2cc(C)nc2s1. The number of anilines is 1. The molecule has 5 nitrogen and oxygen atoms in total. The summed E-state index contributed by atoms with van der Waals surface area (Å²) >= 11 is 1.65. The minimum absolute atomic E-state index is 0.364. The molecule has 1 aliphatic heterocycles. The monoisotopic (exact) mass is 266 g/mol. The number of fused-ring (bicyclic) bond motifs is 1. The van der Waals surface area contributed by atoms with Gasteiger partial charge in [0.05, 0.1) is 18.0 Å². The number of likely N-dealkylation sites (N-methyl/N-ethyl adjacent to an activating group) is 1. The summed E-state index contributed by atoms with van der Waals surface area (Å²) in [5, 5.41) is 5.63. The Bertz CT molecular complexity index is 498. The Morgan fingerprint density at radius 3 is 3.17 bits per heavy atom. The quantitative estimate of drug-likeness (QED) is 0.850. The summed E-state index contributed by atoms with van der Waals surface area (Å²) in [6.45, 7) is 6.94. The van der Waals surface area contributed by atoms with E-state index in [1.165, 1.54) is 6.42 Å². The minimum atomic E-state index is 0.364. The molecule has 0 aliphatic carbocycles. The van der Waals surface area contributed by atoms with E-state index in [1.54, 1.807) is 11.3 Å². The highest BCUT2D eigenvalue weighted by atomic mass is 32.1. The zero-order chi connectivity index (χ0) is 12.5. The Kier molecular flexibility index (Phi) is 3.22. The van der Waals surface area contributed by atoms with Gasteiger partial charge in [0.15, 0.2) is 0 Å². The van der Waals surface area contributed by atoms with Crippen LogP contribution in [0.5, 0.6) is 0 Å². The van der Waals surface area contributed by atoms with E-state index in [2.05, 4.69) is 21.9 Å². The first-order chi connectivity index (χ1) is 8.76. The number of aryl methyl sites for hydroxylation is 1. The molecule has 0 spiro atoms. The van der Waals surface area contributed by atoms with E-state index < -0.39 is 0 Å². The van der Waals surface area contributed by atoms with E-state index in [0.29, 0.717) is 6.10 Å². The summed E-state index contributed by atoms with van der Waals surface area (Å²) in [7, 11) is 0. The first-order valence-electron chi connectivity index (χ1n) is 6.45. The van der Waals surface area contributed by atoms with Crippen molar-refractivity contribution in [1.82, 2.24) is 14.6 Å². The number of hydrogen-bond acceptors (Lipinski definition) is 5. The number of aromatic nitrogens is 3. The lowest BCUT2D eigenvalue weighted by atomic mass is 10.2. The third-order valence-corrected chi connectivity index (χ3v) is 4.24. The normalized spacial score (nSPS) is 19.8. The van der Waals surface area contributed by atoms with Crippen LogP contribution in [0, 0.1) is 6.92 Å². The van der Waals surface area contributed by atoms with Crippen molar-refractivity contribution in [1.29, 1.82) is 0 Å². The fourth-order valence-electron chi connectivity index (χ4n) is 2.30. The highest BCUT2D eigenvalue weighted by Crippen LogP contribution is 2.24. The molecule has 0 saturated carbocycles. The van der Waals surface area contributed by atoms with Crippen LogP contribution in [0.4, 0.5) is 5.13 Å². The number of ether oxygens (including phenoxy) is 1. The second-order valence-corrected chi connectivity index (χ2v) is 5.60. The molecule has 3 heterocycles. The summed E-state index contributed by atoms with van der Waals surface area (Å²) in [6.07, 6.45) is 4.68. The van der Waals surface area contributed by atoms with Crippen LogP contribution in [0.15, 0.2) is 6.20 Å². The van der Waals surface area contributed by atoms with Crippen LogP contribution in [0.3, 0.4) is 0 Å². The Morgan fingerprint density at radius 1 is 1.61 bits per heavy atom. The predicted octanol–water partition coefficient (Wildman–Crippen LogP) is 2.10. The molecule has 98 valence electrons. The van der Waals surface area contributed by atoms with E-state index in [1.807, 2.05) is 17.6 Å². The van der Waals surface area contributed by atoms with Crippen molar-refractivity contribution in [2.24, 2.45) is 0 Å². The van der Waals surface area contributed by atoms with Gasteiger partial charge < -0.3 is 9.64 Å². The fraction of sp³-hybridized carbons (Fsp3) is 0.667. The second-order valence-electron chi connectivity index (χ2n) is 4.67. The third kappa shape index (κ3) is 2.22. The summed E-state index contributed by atoms with van der Waals surface area (Å²) in [4.78, 5) is 7.69. The summed E-state index contributed by atoms with van der Waals surface area (Å²) in [5.41, 5.74) is 1.02. The lowest BCUT2D eigenvalue weighted by Gasteiger charge is -2.22. The van der Waals surface area contributed by atoms with Gasteiger partial charge in [-0.2, -0.15) is 0 Å². The van der Waals surface area contributed by atoms with Gasteiger partial charge in [-0.25, -0.2) is 9.50 Å². The molecule has 0 radical (unpaired) electrons. The van der Waals surface area contributed by atoms with Gasteiger partial charge in [0.1, 0.15) is 0 Å². The van der Waals surface area contributed by atoms with Crippen LogP contribution in [0.1, 0.15) is 25.5 Å². The molecule has 3 rings (SSSR count). The van der Waals surface area contributed by atoms with Gasteiger partial charge in [0, 0.05) is 19.7 Å². The maximum atomic E-state index is 5.69. The number of nitrogens with zero attached hydrogens (tertiary/aromatic N) is 4. The average Bonchev–Trinajstić information content (AvgIpc) is 3.00. The molecule has 1 aliphatic rings. The Hall–Kier alpha value is -1.14. The van der Waals surface area contributed by atoms with Crippen molar-refractivity contribution in [3.05, 3.63) is 11.9 Å². The first-order valence-corrected chi connectivity index (χ1v) is 7.27. The maximum Gasteiger partial charge on any atom is 0.214 e. The Morgan fingerprint density at radius 2 is 2.50 bits per heavy atom. The van der Waals surface area contributed by atoms with E-state index in [-0.39, 0.29) is 0 Å². The predicted molar refractivity (Wildman–Crippen MR) is 72.5 cm³/mol. The molecule has 1 saturated heterocycles. The molecule has 0 amide bonds. The van der Waals surface area contributed by atoms with Gasteiger partial charge in [-0.05, 0) is 26.7 Å². The largest absolute Gasteiger partial charge is 0.376 e. The van der Waals surface area contributed by atoms with Gasteiger partial charge in [0.2, 0.25) is 10.1 Å². The fourth-order valence-corrected chi connectivity index (χ4v) is 3.30. The van der Waals surface area contributed by atoms with E-state index in [0.717, 1.165) is 41.9 Å². The summed E-state index contributed by atoms with van der Waals surface area (Å²) in [6, 6.07) is 0. The number of hydrogen-bond donors (Lipinski definition) is 0. The van der Waals surface area contributed by atoms with Crippen molar-refractivity contribution in [2.75, 3.05) is 24.6 Å².